The molecule has 0 bridgehead atoms. The van der Waals surface area contributed by atoms with Crippen LogP contribution in [0.1, 0.15) is 5.69 Å². The van der Waals surface area contributed by atoms with Crippen molar-refractivity contribution in [3.8, 4) is 5.88 Å². The number of nitrogens with one attached hydrogen (secondary N) is 2. The Kier molecular flexibility index (Phi) is 5.58. The number of rotatable bonds is 6. The summed E-state index contributed by atoms with van der Waals surface area (Å²) in [6.07, 6.45) is -0.958. The van der Waals surface area contributed by atoms with Gasteiger partial charge in [-0.2, -0.15) is 4.98 Å². The van der Waals surface area contributed by atoms with Crippen molar-refractivity contribution < 1.29 is 18.3 Å². The number of urea groups is 1. The van der Waals surface area contributed by atoms with Crippen molar-refractivity contribution in [3.63, 3.8) is 0 Å². The molecule has 2 heterocycles. The molecule has 0 unspecified atom stereocenters. The zero-order chi connectivity index (χ0) is 15.8. The third-order valence-corrected chi connectivity index (χ3v) is 2.48. The number of anilines is 1. The van der Waals surface area contributed by atoms with Gasteiger partial charge in [0.25, 0.3) is 6.43 Å². The minimum absolute atomic E-state index is 0.0165. The van der Waals surface area contributed by atoms with Crippen LogP contribution in [0.3, 0.4) is 0 Å². The van der Waals surface area contributed by atoms with Gasteiger partial charge in [-0.1, -0.05) is 12.1 Å². The predicted molar refractivity (Wildman–Crippen MR) is 75.8 cm³/mol. The van der Waals surface area contributed by atoms with Gasteiger partial charge < -0.3 is 10.1 Å². The number of pyridine rings is 2. The first-order valence-corrected chi connectivity index (χ1v) is 6.46. The lowest BCUT2D eigenvalue weighted by Crippen LogP contribution is -2.28. The molecule has 2 aromatic heterocycles. The molecule has 0 spiro atoms. The maximum atomic E-state index is 12.1. The van der Waals surface area contributed by atoms with Gasteiger partial charge in [0.05, 0.1) is 12.2 Å². The molecule has 6 nitrogen and oxygen atoms in total. The standard InChI is InChI=1S/C14H14F2N4O2/c15-11(16)9-22-13-6-3-5-12(19-13)20-14(21)18-8-10-4-1-2-7-17-10/h1-7,11H,8-9H2,(H2,18,19,20,21). The van der Waals surface area contributed by atoms with E-state index in [1.54, 1.807) is 24.4 Å². The predicted octanol–water partition coefficient (Wildman–Crippen LogP) is 2.44. The smallest absolute Gasteiger partial charge is 0.320 e. The Morgan fingerprint density at radius 2 is 2.09 bits per heavy atom. The van der Waals surface area contributed by atoms with Gasteiger partial charge in [-0.25, -0.2) is 13.6 Å². The van der Waals surface area contributed by atoms with Gasteiger partial charge in [0.2, 0.25) is 5.88 Å². The molecule has 0 aliphatic carbocycles. The molecule has 0 atom stereocenters. The SMILES string of the molecule is O=C(NCc1ccccn1)Nc1cccc(OCC(F)F)n1. The lowest BCUT2D eigenvalue weighted by atomic mass is 10.3. The van der Waals surface area contributed by atoms with Gasteiger partial charge in [-0.15, -0.1) is 0 Å². The first kappa shape index (κ1) is 15.6. The van der Waals surface area contributed by atoms with Crippen LogP contribution < -0.4 is 15.4 Å². The fraction of sp³-hybridized carbons (Fsp3) is 0.214. The third kappa shape index (κ3) is 5.31. The van der Waals surface area contributed by atoms with Crippen molar-refractivity contribution in [2.24, 2.45) is 0 Å². The van der Waals surface area contributed by atoms with E-state index >= 15 is 0 Å². The number of hydrogen-bond acceptors (Lipinski definition) is 4. The fourth-order valence-corrected chi connectivity index (χ4v) is 1.55. The highest BCUT2D eigenvalue weighted by molar-refractivity contribution is 5.88. The summed E-state index contributed by atoms with van der Waals surface area (Å²) in [5.74, 6) is 0.216. The number of carbonyl (C=O) groups excluding carboxylic acids is 1. The number of alkyl halides is 2. The largest absolute Gasteiger partial charge is 0.472 e. The average Bonchev–Trinajstić information content (AvgIpc) is 2.52. The van der Waals surface area contributed by atoms with Crippen LogP contribution in [0.5, 0.6) is 5.88 Å². The number of hydrogen-bond donors (Lipinski definition) is 2. The van der Waals surface area contributed by atoms with Crippen LogP contribution in [0.15, 0.2) is 42.6 Å². The summed E-state index contributed by atoms with van der Waals surface area (Å²) in [6, 6.07) is 9.38. The number of halogens is 2. The molecule has 2 amide bonds. The monoisotopic (exact) mass is 308 g/mol. The average molecular weight is 308 g/mol. The molecule has 0 aliphatic heterocycles. The second-order valence-corrected chi connectivity index (χ2v) is 4.19. The number of carbonyl (C=O) groups is 1. The molecule has 0 aliphatic rings. The molecule has 2 aromatic rings. The highest BCUT2D eigenvalue weighted by Gasteiger charge is 2.07. The van der Waals surface area contributed by atoms with Crippen LogP contribution in [0.4, 0.5) is 19.4 Å². The number of amides is 2. The summed E-state index contributed by atoms with van der Waals surface area (Å²) >= 11 is 0. The number of ether oxygens (including phenoxy) is 1. The topological polar surface area (TPSA) is 76.1 Å². The molecule has 0 fully saturated rings. The molecule has 0 radical (unpaired) electrons. The van der Waals surface area contributed by atoms with Crippen LogP contribution in [0.2, 0.25) is 0 Å². The highest BCUT2D eigenvalue weighted by atomic mass is 19.3. The van der Waals surface area contributed by atoms with Crippen LogP contribution in [-0.2, 0) is 6.54 Å². The van der Waals surface area contributed by atoms with Gasteiger partial charge in [-0.05, 0) is 18.2 Å². The Hall–Kier alpha value is -2.77. The Labute approximate surface area is 125 Å². The van der Waals surface area contributed by atoms with E-state index in [9.17, 15) is 13.6 Å². The van der Waals surface area contributed by atoms with Gasteiger partial charge in [0.1, 0.15) is 5.82 Å². The molecule has 2 rings (SSSR count). The Morgan fingerprint density at radius 3 is 2.82 bits per heavy atom. The van der Waals surface area contributed by atoms with E-state index < -0.39 is 19.1 Å². The maximum absolute atomic E-state index is 12.1. The molecular weight excluding hydrogens is 294 g/mol. The molecule has 116 valence electrons. The third-order valence-electron chi connectivity index (χ3n) is 2.48. The van der Waals surface area contributed by atoms with Crippen LogP contribution in [0.25, 0.3) is 0 Å². The first-order valence-electron chi connectivity index (χ1n) is 6.46. The van der Waals surface area contributed by atoms with E-state index in [1.807, 2.05) is 6.07 Å². The quantitative estimate of drug-likeness (QED) is 0.859. The Morgan fingerprint density at radius 1 is 1.23 bits per heavy atom. The maximum Gasteiger partial charge on any atom is 0.320 e. The van der Waals surface area contributed by atoms with Gasteiger partial charge in [0, 0.05) is 12.3 Å². The number of aromatic nitrogens is 2. The summed E-state index contributed by atoms with van der Waals surface area (Å²) in [5.41, 5.74) is 0.708. The summed E-state index contributed by atoms with van der Waals surface area (Å²) < 4.78 is 28.9. The lowest BCUT2D eigenvalue weighted by Gasteiger charge is -2.08. The van der Waals surface area contributed by atoms with Gasteiger partial charge >= 0.3 is 6.03 Å². The highest BCUT2D eigenvalue weighted by Crippen LogP contribution is 2.12. The fourth-order valence-electron chi connectivity index (χ4n) is 1.55. The van der Waals surface area contributed by atoms with E-state index in [-0.39, 0.29) is 18.2 Å². The van der Waals surface area contributed by atoms with Crippen molar-refractivity contribution in [1.82, 2.24) is 15.3 Å². The zero-order valence-corrected chi connectivity index (χ0v) is 11.5. The van der Waals surface area contributed by atoms with E-state index in [2.05, 4.69) is 20.6 Å². The van der Waals surface area contributed by atoms with Crippen LogP contribution in [0, 0.1) is 0 Å². The van der Waals surface area contributed by atoms with E-state index in [0.29, 0.717) is 5.69 Å². The molecular formula is C14H14F2N4O2. The summed E-state index contributed by atoms with van der Waals surface area (Å²) in [5, 5.41) is 5.09. The van der Waals surface area contributed by atoms with E-state index in [1.165, 1.54) is 12.1 Å². The second-order valence-electron chi connectivity index (χ2n) is 4.19. The molecule has 2 N–H and O–H groups in total. The van der Waals surface area contributed by atoms with E-state index in [0.717, 1.165) is 0 Å². The van der Waals surface area contributed by atoms with Crippen molar-refractivity contribution in [2.45, 2.75) is 13.0 Å². The second kappa shape index (κ2) is 7.87. The molecule has 0 saturated carbocycles. The van der Waals surface area contributed by atoms with Crippen LogP contribution in [-0.4, -0.2) is 29.0 Å². The van der Waals surface area contributed by atoms with Crippen molar-refractivity contribution in [1.29, 1.82) is 0 Å². The van der Waals surface area contributed by atoms with Crippen molar-refractivity contribution >= 4 is 11.8 Å². The molecule has 8 heteroatoms. The van der Waals surface area contributed by atoms with Gasteiger partial charge in [0.15, 0.2) is 6.61 Å². The van der Waals surface area contributed by atoms with E-state index in [4.69, 9.17) is 4.74 Å². The Balaban J connectivity index is 1.84. The number of nitrogens with zero attached hydrogens (tertiary/aromatic N) is 2. The molecule has 22 heavy (non-hydrogen) atoms. The molecule has 0 saturated heterocycles. The minimum atomic E-state index is -2.58. The summed E-state index contributed by atoms with van der Waals surface area (Å²) in [6.45, 7) is -0.490. The summed E-state index contributed by atoms with van der Waals surface area (Å²) in [4.78, 5) is 19.7. The lowest BCUT2D eigenvalue weighted by molar-refractivity contribution is 0.0796. The summed E-state index contributed by atoms with van der Waals surface area (Å²) in [7, 11) is 0. The Bertz CT molecular complexity index is 611. The van der Waals surface area contributed by atoms with Gasteiger partial charge in [-0.3, -0.25) is 10.3 Å². The molecule has 0 aromatic carbocycles. The van der Waals surface area contributed by atoms with Crippen molar-refractivity contribution in [2.75, 3.05) is 11.9 Å². The first-order chi connectivity index (χ1) is 10.6. The zero-order valence-electron chi connectivity index (χ0n) is 11.5. The minimum Gasteiger partial charge on any atom is -0.472 e. The van der Waals surface area contributed by atoms with Crippen molar-refractivity contribution in [3.05, 3.63) is 48.3 Å². The van der Waals surface area contributed by atoms with Crippen LogP contribution >= 0.6 is 0 Å². The normalized spacial score (nSPS) is 10.3.